The Labute approximate surface area is 62.4 Å². The maximum Gasteiger partial charge on any atom is 0.0120 e. The molecule has 0 bridgehead atoms. The van der Waals surface area contributed by atoms with Gasteiger partial charge >= 0.3 is 0 Å². The summed E-state index contributed by atoms with van der Waals surface area (Å²) in [5.41, 5.74) is 0. The molecular formula is C8H16N2. The van der Waals surface area contributed by atoms with Gasteiger partial charge in [-0.2, -0.15) is 0 Å². The van der Waals surface area contributed by atoms with E-state index in [0.29, 0.717) is 0 Å². The number of fused-ring (bicyclic) bond motifs is 1. The predicted octanol–water partition coefficient (Wildman–Crippen LogP) is 0.348. The van der Waals surface area contributed by atoms with Crippen molar-refractivity contribution in [3.63, 3.8) is 0 Å². The van der Waals surface area contributed by atoms with Crippen LogP contribution in [-0.2, 0) is 0 Å². The molecule has 2 aliphatic rings. The van der Waals surface area contributed by atoms with Gasteiger partial charge in [0.15, 0.2) is 0 Å². The van der Waals surface area contributed by atoms with E-state index in [1.807, 2.05) is 0 Å². The van der Waals surface area contributed by atoms with E-state index in [9.17, 15) is 0 Å². The summed E-state index contributed by atoms with van der Waals surface area (Å²) in [6.07, 6.45) is 4.18. The largest absolute Gasteiger partial charge is 0.316 e. The average molecular weight is 140 g/mol. The van der Waals surface area contributed by atoms with E-state index in [4.69, 9.17) is 0 Å². The molecule has 2 aliphatic heterocycles. The SMILES string of the molecule is C1CCC2NCC2CNC1. The minimum atomic E-state index is 0.854. The second-order valence-electron chi connectivity index (χ2n) is 3.47. The van der Waals surface area contributed by atoms with E-state index in [2.05, 4.69) is 10.6 Å². The Balaban J connectivity index is 1.83. The zero-order chi connectivity index (χ0) is 6.81. The first-order valence-corrected chi connectivity index (χ1v) is 4.41. The van der Waals surface area contributed by atoms with Crippen LogP contribution in [0.5, 0.6) is 0 Å². The Bertz CT molecular complexity index is 99.8. The molecule has 0 aromatic rings. The molecule has 2 saturated heterocycles. The first-order chi connectivity index (χ1) is 4.97. The van der Waals surface area contributed by atoms with Gasteiger partial charge in [0, 0.05) is 19.1 Å². The molecule has 2 N–H and O–H groups in total. The minimum absolute atomic E-state index is 0.854. The van der Waals surface area contributed by atoms with Crippen molar-refractivity contribution in [2.45, 2.75) is 25.3 Å². The summed E-state index contributed by atoms with van der Waals surface area (Å²) in [6, 6.07) is 0.854. The molecule has 2 rings (SSSR count). The highest BCUT2D eigenvalue weighted by Gasteiger charge is 2.29. The van der Waals surface area contributed by atoms with E-state index >= 15 is 0 Å². The third-order valence-electron chi connectivity index (χ3n) is 2.74. The van der Waals surface area contributed by atoms with Crippen LogP contribution in [-0.4, -0.2) is 25.7 Å². The van der Waals surface area contributed by atoms with Crippen LogP contribution in [0, 0.1) is 5.92 Å². The van der Waals surface area contributed by atoms with Crippen LogP contribution < -0.4 is 10.6 Å². The van der Waals surface area contributed by atoms with Crippen LogP contribution in [0.15, 0.2) is 0 Å². The molecule has 2 nitrogen and oxygen atoms in total. The molecule has 2 unspecified atom stereocenters. The first-order valence-electron chi connectivity index (χ1n) is 4.41. The van der Waals surface area contributed by atoms with Gasteiger partial charge in [0.25, 0.3) is 0 Å². The summed E-state index contributed by atoms with van der Waals surface area (Å²) in [5, 5.41) is 6.95. The fourth-order valence-electron chi connectivity index (χ4n) is 1.91. The van der Waals surface area contributed by atoms with Gasteiger partial charge in [-0.1, -0.05) is 6.42 Å². The van der Waals surface area contributed by atoms with Crippen molar-refractivity contribution in [3.8, 4) is 0 Å². The van der Waals surface area contributed by atoms with Crippen LogP contribution in [0.25, 0.3) is 0 Å². The van der Waals surface area contributed by atoms with Crippen molar-refractivity contribution in [2.75, 3.05) is 19.6 Å². The number of rotatable bonds is 0. The molecule has 0 spiro atoms. The maximum absolute atomic E-state index is 3.48. The summed E-state index contributed by atoms with van der Waals surface area (Å²) in [7, 11) is 0. The van der Waals surface area contributed by atoms with Crippen LogP contribution in [0.3, 0.4) is 0 Å². The molecule has 0 aromatic heterocycles. The molecule has 0 saturated carbocycles. The van der Waals surface area contributed by atoms with Crippen LogP contribution in [0.1, 0.15) is 19.3 Å². The Morgan fingerprint density at radius 3 is 2.90 bits per heavy atom. The molecule has 2 atom stereocenters. The zero-order valence-electron chi connectivity index (χ0n) is 6.40. The summed E-state index contributed by atoms with van der Waals surface area (Å²) < 4.78 is 0. The molecule has 2 heterocycles. The smallest absolute Gasteiger partial charge is 0.0120 e. The van der Waals surface area contributed by atoms with Crippen molar-refractivity contribution in [2.24, 2.45) is 5.92 Å². The topological polar surface area (TPSA) is 24.1 Å². The lowest BCUT2D eigenvalue weighted by atomic mass is 9.86. The Kier molecular flexibility index (Phi) is 1.91. The van der Waals surface area contributed by atoms with E-state index in [-0.39, 0.29) is 0 Å². The highest BCUT2D eigenvalue weighted by Crippen LogP contribution is 2.19. The highest BCUT2D eigenvalue weighted by atomic mass is 15.0. The molecular weight excluding hydrogens is 124 g/mol. The third-order valence-corrected chi connectivity index (χ3v) is 2.74. The second-order valence-corrected chi connectivity index (χ2v) is 3.47. The first kappa shape index (κ1) is 6.62. The summed E-state index contributed by atoms with van der Waals surface area (Å²) >= 11 is 0. The monoisotopic (exact) mass is 140 g/mol. The van der Waals surface area contributed by atoms with Crippen LogP contribution >= 0.6 is 0 Å². The quantitative estimate of drug-likeness (QED) is 0.507. The van der Waals surface area contributed by atoms with Crippen molar-refractivity contribution in [1.29, 1.82) is 0 Å². The molecule has 58 valence electrons. The van der Waals surface area contributed by atoms with Crippen LogP contribution in [0.2, 0.25) is 0 Å². The van der Waals surface area contributed by atoms with E-state index in [1.54, 1.807) is 0 Å². The summed E-state index contributed by atoms with van der Waals surface area (Å²) in [5.74, 6) is 0.945. The normalized spacial score (nSPS) is 40.8. The van der Waals surface area contributed by atoms with Gasteiger partial charge in [-0.05, 0) is 25.3 Å². The van der Waals surface area contributed by atoms with Gasteiger partial charge in [0.2, 0.25) is 0 Å². The third kappa shape index (κ3) is 1.18. The molecule has 0 amide bonds. The molecule has 0 aromatic carbocycles. The highest BCUT2D eigenvalue weighted by molar-refractivity contribution is 4.89. The molecule has 2 heteroatoms. The van der Waals surface area contributed by atoms with Gasteiger partial charge in [-0.15, -0.1) is 0 Å². The number of hydrogen-bond acceptors (Lipinski definition) is 2. The number of nitrogens with one attached hydrogen (secondary N) is 2. The lowest BCUT2D eigenvalue weighted by Crippen LogP contribution is -2.57. The van der Waals surface area contributed by atoms with Crippen molar-refractivity contribution >= 4 is 0 Å². The summed E-state index contributed by atoms with van der Waals surface area (Å²) in [6.45, 7) is 3.73. The Morgan fingerprint density at radius 2 is 2.10 bits per heavy atom. The molecule has 0 radical (unpaired) electrons. The van der Waals surface area contributed by atoms with E-state index in [1.165, 1.54) is 38.9 Å². The fourth-order valence-corrected chi connectivity index (χ4v) is 1.91. The van der Waals surface area contributed by atoms with Gasteiger partial charge in [0.1, 0.15) is 0 Å². The maximum atomic E-state index is 3.48. The lowest BCUT2D eigenvalue weighted by Gasteiger charge is -2.39. The minimum Gasteiger partial charge on any atom is -0.316 e. The van der Waals surface area contributed by atoms with Crippen molar-refractivity contribution in [3.05, 3.63) is 0 Å². The second kappa shape index (κ2) is 2.89. The fraction of sp³-hybridized carbons (Fsp3) is 1.00. The molecule has 2 fully saturated rings. The Morgan fingerprint density at radius 1 is 1.10 bits per heavy atom. The van der Waals surface area contributed by atoms with E-state index < -0.39 is 0 Å². The molecule has 10 heavy (non-hydrogen) atoms. The van der Waals surface area contributed by atoms with Gasteiger partial charge in [-0.3, -0.25) is 0 Å². The molecule has 0 aliphatic carbocycles. The standard InChI is InChI=1S/C8H16N2/c1-2-4-9-5-7-6-10-8(7)3-1/h7-10H,1-6H2. The van der Waals surface area contributed by atoms with Gasteiger partial charge in [0.05, 0.1) is 0 Å². The number of hydrogen-bond donors (Lipinski definition) is 2. The van der Waals surface area contributed by atoms with Crippen molar-refractivity contribution in [1.82, 2.24) is 10.6 Å². The average Bonchev–Trinajstić information content (AvgIpc) is 1.89. The van der Waals surface area contributed by atoms with E-state index in [0.717, 1.165) is 12.0 Å². The van der Waals surface area contributed by atoms with Crippen molar-refractivity contribution < 1.29 is 0 Å². The van der Waals surface area contributed by atoms with Crippen LogP contribution in [0.4, 0.5) is 0 Å². The predicted molar refractivity (Wildman–Crippen MR) is 42.0 cm³/mol. The van der Waals surface area contributed by atoms with Gasteiger partial charge < -0.3 is 10.6 Å². The van der Waals surface area contributed by atoms with Gasteiger partial charge in [-0.25, -0.2) is 0 Å². The zero-order valence-corrected chi connectivity index (χ0v) is 6.40. The lowest BCUT2D eigenvalue weighted by molar-refractivity contribution is 0.198. The summed E-state index contributed by atoms with van der Waals surface area (Å²) in [4.78, 5) is 0. The Hall–Kier alpha value is -0.0800.